The van der Waals surface area contributed by atoms with Gasteiger partial charge in [-0.05, 0) is 43.2 Å². The molecule has 0 aromatic heterocycles. The highest BCUT2D eigenvalue weighted by atomic mass is 16.5. The number of hydrogen-bond acceptors (Lipinski definition) is 5. The zero-order valence-corrected chi connectivity index (χ0v) is 17.2. The molecule has 0 unspecified atom stereocenters. The Labute approximate surface area is 167 Å². The highest BCUT2D eigenvalue weighted by Crippen LogP contribution is 2.28. The Bertz CT molecular complexity index is 636. The third-order valence-corrected chi connectivity index (χ3v) is 4.66. The molecule has 2 N–H and O–H groups in total. The third-order valence-electron chi connectivity index (χ3n) is 4.66. The Kier molecular flexibility index (Phi) is 8.57. The Morgan fingerprint density at radius 2 is 1.75 bits per heavy atom. The first kappa shape index (κ1) is 22.0. The summed E-state index contributed by atoms with van der Waals surface area (Å²) in [6, 6.07) is 4.29. The molecule has 2 rings (SSSR count). The van der Waals surface area contributed by atoms with Crippen molar-refractivity contribution in [2.45, 2.75) is 39.2 Å². The molecule has 156 valence electrons. The first-order valence-corrected chi connectivity index (χ1v) is 9.84. The monoisotopic (exact) mass is 392 g/mol. The summed E-state index contributed by atoms with van der Waals surface area (Å²) in [6.45, 7) is 5.78. The van der Waals surface area contributed by atoms with Crippen LogP contribution in [0.5, 0.6) is 11.5 Å². The van der Waals surface area contributed by atoms with Crippen molar-refractivity contribution >= 4 is 11.8 Å². The van der Waals surface area contributed by atoms with Crippen LogP contribution < -0.4 is 20.1 Å². The molecule has 28 heavy (non-hydrogen) atoms. The van der Waals surface area contributed by atoms with Crippen LogP contribution in [0.4, 0.5) is 0 Å². The topological polar surface area (TPSA) is 85.9 Å². The van der Waals surface area contributed by atoms with E-state index in [1.807, 2.05) is 13.8 Å². The van der Waals surface area contributed by atoms with E-state index in [9.17, 15) is 9.59 Å². The molecule has 7 nitrogen and oxygen atoms in total. The van der Waals surface area contributed by atoms with Crippen molar-refractivity contribution in [3.05, 3.63) is 23.8 Å². The molecule has 0 aliphatic heterocycles. The van der Waals surface area contributed by atoms with Crippen molar-refractivity contribution in [1.82, 2.24) is 10.6 Å². The van der Waals surface area contributed by atoms with Crippen LogP contribution in [0, 0.1) is 11.8 Å². The molecule has 7 heteroatoms. The van der Waals surface area contributed by atoms with Gasteiger partial charge < -0.3 is 24.8 Å². The van der Waals surface area contributed by atoms with Crippen LogP contribution in [0.15, 0.2) is 18.2 Å². The van der Waals surface area contributed by atoms with Gasteiger partial charge in [-0.15, -0.1) is 0 Å². The minimum absolute atomic E-state index is 0.0532. The van der Waals surface area contributed by atoms with Crippen LogP contribution in [0.25, 0.3) is 0 Å². The molecule has 0 heterocycles. The van der Waals surface area contributed by atoms with E-state index >= 15 is 0 Å². The summed E-state index contributed by atoms with van der Waals surface area (Å²) in [4.78, 5) is 25.2. The summed E-state index contributed by atoms with van der Waals surface area (Å²) in [6.07, 6.45) is 3.29. The lowest BCUT2D eigenvalue weighted by Gasteiger charge is -2.22. The second-order valence-electron chi connectivity index (χ2n) is 7.46. The predicted molar refractivity (Wildman–Crippen MR) is 107 cm³/mol. The summed E-state index contributed by atoms with van der Waals surface area (Å²) >= 11 is 0. The number of carbonyl (C=O) groups is 2. The van der Waals surface area contributed by atoms with Gasteiger partial charge in [0, 0.05) is 31.4 Å². The van der Waals surface area contributed by atoms with Gasteiger partial charge in [-0.2, -0.15) is 0 Å². The van der Waals surface area contributed by atoms with Gasteiger partial charge in [-0.1, -0.05) is 13.8 Å². The van der Waals surface area contributed by atoms with Crippen molar-refractivity contribution in [2.75, 3.05) is 34.0 Å². The number of carbonyl (C=O) groups excluding carboxylic acids is 2. The van der Waals surface area contributed by atoms with Crippen LogP contribution in [0.1, 0.15) is 43.5 Å². The average molecular weight is 392 g/mol. The van der Waals surface area contributed by atoms with Crippen molar-refractivity contribution in [1.29, 1.82) is 0 Å². The summed E-state index contributed by atoms with van der Waals surface area (Å²) in [5, 5.41) is 5.70. The van der Waals surface area contributed by atoms with Crippen LogP contribution in [-0.2, 0) is 9.53 Å². The molecule has 2 amide bonds. The van der Waals surface area contributed by atoms with Crippen LogP contribution in [0.3, 0.4) is 0 Å². The molecule has 1 fully saturated rings. The van der Waals surface area contributed by atoms with Gasteiger partial charge in [-0.25, -0.2) is 0 Å². The van der Waals surface area contributed by atoms with E-state index in [1.165, 1.54) is 27.1 Å². The Balaban J connectivity index is 1.86. The van der Waals surface area contributed by atoms with E-state index in [0.29, 0.717) is 30.2 Å². The second-order valence-corrected chi connectivity index (χ2v) is 7.46. The molecular formula is C21H32N2O5. The van der Waals surface area contributed by atoms with Crippen LogP contribution in [0.2, 0.25) is 0 Å². The van der Waals surface area contributed by atoms with Gasteiger partial charge in [0.25, 0.3) is 5.91 Å². The molecule has 1 aromatic rings. The number of hydrogen-bond donors (Lipinski definition) is 2. The molecule has 0 spiro atoms. The molecular weight excluding hydrogens is 360 g/mol. The SMILES string of the molecule is COc1cc(OC)cc(C(=O)N[C@H](C(=O)NCCCOCC2CC2)C(C)C)c1. The number of ether oxygens (including phenoxy) is 3. The second kappa shape index (κ2) is 10.9. The largest absolute Gasteiger partial charge is 0.497 e. The van der Waals surface area contributed by atoms with Crippen molar-refractivity contribution in [3.8, 4) is 11.5 Å². The molecule has 1 aliphatic rings. The van der Waals surface area contributed by atoms with Crippen LogP contribution >= 0.6 is 0 Å². The fourth-order valence-electron chi connectivity index (χ4n) is 2.73. The summed E-state index contributed by atoms with van der Waals surface area (Å²) in [7, 11) is 3.05. The molecule has 1 saturated carbocycles. The van der Waals surface area contributed by atoms with Gasteiger partial charge >= 0.3 is 0 Å². The quantitative estimate of drug-likeness (QED) is 0.534. The zero-order valence-electron chi connectivity index (χ0n) is 17.2. The van der Waals surface area contributed by atoms with Crippen molar-refractivity contribution < 1.29 is 23.8 Å². The molecule has 0 saturated heterocycles. The van der Waals surface area contributed by atoms with Gasteiger partial charge in [0.1, 0.15) is 17.5 Å². The minimum Gasteiger partial charge on any atom is -0.497 e. The Morgan fingerprint density at radius 1 is 1.11 bits per heavy atom. The Morgan fingerprint density at radius 3 is 2.29 bits per heavy atom. The molecule has 1 aromatic carbocycles. The van der Waals surface area contributed by atoms with Gasteiger partial charge in [-0.3, -0.25) is 9.59 Å². The summed E-state index contributed by atoms with van der Waals surface area (Å²) in [5.41, 5.74) is 0.378. The summed E-state index contributed by atoms with van der Waals surface area (Å²) in [5.74, 6) is 1.18. The molecule has 0 bridgehead atoms. The first-order chi connectivity index (χ1) is 13.4. The molecule has 1 aliphatic carbocycles. The van der Waals surface area contributed by atoms with E-state index in [4.69, 9.17) is 14.2 Å². The predicted octanol–water partition coefficient (Wildman–Crippen LogP) is 2.39. The van der Waals surface area contributed by atoms with E-state index in [1.54, 1.807) is 18.2 Å². The van der Waals surface area contributed by atoms with E-state index in [2.05, 4.69) is 10.6 Å². The number of methoxy groups -OCH3 is 2. The normalized spacial score (nSPS) is 14.5. The standard InChI is InChI=1S/C21H32N2O5/c1-14(2)19(21(25)22-8-5-9-28-13-15-6-7-15)23-20(24)16-10-17(26-3)12-18(11-16)27-4/h10-12,14-15,19H,5-9,13H2,1-4H3,(H,22,25)(H,23,24)/t19-/m0/s1. The van der Waals surface area contributed by atoms with E-state index in [-0.39, 0.29) is 17.7 Å². The molecule has 0 radical (unpaired) electrons. The number of benzene rings is 1. The van der Waals surface area contributed by atoms with Gasteiger partial charge in [0.2, 0.25) is 5.91 Å². The fourth-order valence-corrected chi connectivity index (χ4v) is 2.73. The van der Waals surface area contributed by atoms with Gasteiger partial charge in [0.15, 0.2) is 0 Å². The zero-order chi connectivity index (χ0) is 20.5. The van der Waals surface area contributed by atoms with Crippen molar-refractivity contribution in [3.63, 3.8) is 0 Å². The number of nitrogens with one attached hydrogen (secondary N) is 2. The maximum atomic E-state index is 12.7. The lowest BCUT2D eigenvalue weighted by Crippen LogP contribution is -2.50. The summed E-state index contributed by atoms with van der Waals surface area (Å²) < 4.78 is 16.0. The smallest absolute Gasteiger partial charge is 0.252 e. The van der Waals surface area contributed by atoms with Crippen LogP contribution in [-0.4, -0.2) is 51.8 Å². The van der Waals surface area contributed by atoms with E-state index in [0.717, 1.165) is 18.9 Å². The first-order valence-electron chi connectivity index (χ1n) is 9.84. The third kappa shape index (κ3) is 7.03. The number of amides is 2. The lowest BCUT2D eigenvalue weighted by atomic mass is 10.0. The Hall–Kier alpha value is -2.28. The maximum absolute atomic E-state index is 12.7. The van der Waals surface area contributed by atoms with Gasteiger partial charge in [0.05, 0.1) is 14.2 Å². The number of rotatable bonds is 12. The highest BCUT2D eigenvalue weighted by Gasteiger charge is 2.25. The molecule has 1 atom stereocenters. The lowest BCUT2D eigenvalue weighted by molar-refractivity contribution is -0.124. The highest BCUT2D eigenvalue weighted by molar-refractivity contribution is 5.98. The fraction of sp³-hybridized carbons (Fsp3) is 0.619. The van der Waals surface area contributed by atoms with Crippen molar-refractivity contribution in [2.24, 2.45) is 11.8 Å². The average Bonchev–Trinajstić information content (AvgIpc) is 3.51. The minimum atomic E-state index is -0.628. The maximum Gasteiger partial charge on any atom is 0.252 e. The van der Waals surface area contributed by atoms with E-state index < -0.39 is 6.04 Å².